The van der Waals surface area contributed by atoms with Crippen LogP contribution in [-0.4, -0.2) is 21.9 Å². The molecule has 4 aliphatic rings. The van der Waals surface area contributed by atoms with E-state index < -0.39 is 5.60 Å². The monoisotopic (exact) mass is 320 g/mol. The van der Waals surface area contributed by atoms with Crippen molar-refractivity contribution in [3.05, 3.63) is 0 Å². The number of hydrogen-bond donors (Lipinski definition) is 2. The highest BCUT2D eigenvalue weighted by Crippen LogP contribution is 2.68. The van der Waals surface area contributed by atoms with Gasteiger partial charge in [-0.25, -0.2) is 0 Å². The fourth-order valence-electron chi connectivity index (χ4n) is 7.93. The van der Waals surface area contributed by atoms with Crippen molar-refractivity contribution in [2.45, 2.75) is 96.7 Å². The molecule has 0 aromatic heterocycles. The largest absolute Gasteiger partial charge is 0.393 e. The molecule has 4 saturated carbocycles. The molecule has 23 heavy (non-hydrogen) atoms. The van der Waals surface area contributed by atoms with E-state index in [0.29, 0.717) is 5.41 Å². The molecule has 0 aliphatic heterocycles. The summed E-state index contributed by atoms with van der Waals surface area (Å²) in [7, 11) is 0. The molecule has 0 spiro atoms. The van der Waals surface area contributed by atoms with Gasteiger partial charge < -0.3 is 10.2 Å². The van der Waals surface area contributed by atoms with Gasteiger partial charge in [0.15, 0.2) is 0 Å². The number of aliphatic hydroxyl groups is 2. The quantitative estimate of drug-likeness (QED) is 0.745. The van der Waals surface area contributed by atoms with Crippen LogP contribution < -0.4 is 0 Å². The van der Waals surface area contributed by atoms with Crippen molar-refractivity contribution in [3.63, 3.8) is 0 Å². The van der Waals surface area contributed by atoms with Crippen LogP contribution in [0.1, 0.15) is 85.0 Å². The number of fused-ring (bicyclic) bond motifs is 5. The molecule has 4 fully saturated rings. The molecule has 0 saturated heterocycles. The third kappa shape index (κ3) is 2.06. The van der Waals surface area contributed by atoms with E-state index in [-0.39, 0.29) is 11.5 Å². The molecule has 0 radical (unpaired) electrons. The Balaban J connectivity index is 1.63. The van der Waals surface area contributed by atoms with Crippen LogP contribution in [-0.2, 0) is 0 Å². The Kier molecular flexibility index (Phi) is 3.71. The summed E-state index contributed by atoms with van der Waals surface area (Å²) in [6.07, 6.45) is 11.6. The van der Waals surface area contributed by atoms with Crippen molar-refractivity contribution in [2.24, 2.45) is 34.5 Å². The maximum atomic E-state index is 11.2. The highest BCUT2D eigenvalue weighted by Gasteiger charge is 2.63. The van der Waals surface area contributed by atoms with Crippen LogP contribution in [0.25, 0.3) is 0 Å². The fourth-order valence-corrected chi connectivity index (χ4v) is 7.93. The van der Waals surface area contributed by atoms with Gasteiger partial charge in [0.2, 0.25) is 0 Å². The van der Waals surface area contributed by atoms with Gasteiger partial charge >= 0.3 is 0 Å². The van der Waals surface area contributed by atoms with E-state index in [9.17, 15) is 10.2 Å². The number of rotatable bonds is 1. The van der Waals surface area contributed by atoms with Crippen molar-refractivity contribution in [2.75, 3.05) is 0 Å². The third-order valence-electron chi connectivity index (χ3n) is 9.54. The first-order valence-corrected chi connectivity index (χ1v) is 10.2. The van der Waals surface area contributed by atoms with E-state index in [0.717, 1.165) is 49.4 Å². The first kappa shape index (κ1) is 16.4. The Morgan fingerprint density at radius 1 is 0.913 bits per heavy atom. The lowest BCUT2D eigenvalue weighted by Crippen LogP contribution is -2.56. The lowest BCUT2D eigenvalue weighted by Gasteiger charge is -2.61. The average molecular weight is 321 g/mol. The molecular weight excluding hydrogens is 284 g/mol. The molecule has 0 amide bonds. The van der Waals surface area contributed by atoms with Gasteiger partial charge in [-0.1, -0.05) is 20.8 Å². The van der Waals surface area contributed by atoms with Gasteiger partial charge in [0.25, 0.3) is 0 Å². The molecule has 8 atom stereocenters. The van der Waals surface area contributed by atoms with E-state index in [2.05, 4.69) is 20.8 Å². The summed E-state index contributed by atoms with van der Waals surface area (Å²) in [4.78, 5) is 0. The van der Waals surface area contributed by atoms with Crippen molar-refractivity contribution < 1.29 is 10.2 Å². The SMILES string of the molecule is CCC1(O)CC[C@H]2[C@@H]3CCC4CC(O)CC[C@]4(C)[C@@H]3CC[C@@]21C. The second-order valence-corrected chi connectivity index (χ2v) is 9.97. The smallest absolute Gasteiger partial charge is 0.0701 e. The molecule has 2 nitrogen and oxygen atoms in total. The zero-order valence-corrected chi connectivity index (χ0v) is 15.4. The van der Waals surface area contributed by atoms with Gasteiger partial charge in [0.1, 0.15) is 0 Å². The lowest BCUT2D eigenvalue weighted by molar-refractivity contribution is -0.159. The first-order valence-electron chi connectivity index (χ1n) is 10.2. The van der Waals surface area contributed by atoms with Crippen LogP contribution in [0.2, 0.25) is 0 Å². The second kappa shape index (κ2) is 5.21. The molecule has 3 unspecified atom stereocenters. The number of hydrogen-bond acceptors (Lipinski definition) is 2. The predicted molar refractivity (Wildman–Crippen MR) is 93.0 cm³/mol. The standard InChI is InChI=1S/C21H36O2/c1-4-21(23)12-9-18-16-6-5-14-13-15(22)7-10-19(14,2)17(16)8-11-20(18,21)3/h14-18,22-23H,4-13H2,1-3H3/t14?,15?,16-,17-,18+,19+,20+,21?/m1/s1. The van der Waals surface area contributed by atoms with Crippen LogP contribution in [0.4, 0.5) is 0 Å². The van der Waals surface area contributed by atoms with Gasteiger partial charge in [0, 0.05) is 0 Å². The second-order valence-electron chi connectivity index (χ2n) is 9.97. The van der Waals surface area contributed by atoms with E-state index in [1.54, 1.807) is 0 Å². The summed E-state index contributed by atoms with van der Waals surface area (Å²) in [5.41, 5.74) is 0.194. The summed E-state index contributed by atoms with van der Waals surface area (Å²) >= 11 is 0. The molecule has 132 valence electrons. The normalized spacial score (nSPS) is 59.1. The zero-order chi connectivity index (χ0) is 16.5. The molecule has 2 N–H and O–H groups in total. The lowest BCUT2D eigenvalue weighted by atomic mass is 9.44. The molecule has 4 rings (SSSR count). The van der Waals surface area contributed by atoms with Crippen LogP contribution in [0.3, 0.4) is 0 Å². The van der Waals surface area contributed by atoms with Crippen molar-refractivity contribution in [3.8, 4) is 0 Å². The zero-order valence-electron chi connectivity index (χ0n) is 15.4. The predicted octanol–water partition coefficient (Wildman–Crippen LogP) is 4.53. The van der Waals surface area contributed by atoms with Crippen molar-refractivity contribution in [1.29, 1.82) is 0 Å². The highest BCUT2D eigenvalue weighted by atomic mass is 16.3. The molecule has 0 aromatic carbocycles. The molecule has 0 aromatic rings. The third-order valence-corrected chi connectivity index (χ3v) is 9.54. The van der Waals surface area contributed by atoms with Gasteiger partial charge in [-0.2, -0.15) is 0 Å². The van der Waals surface area contributed by atoms with Crippen LogP contribution in [0, 0.1) is 34.5 Å². The molecule has 2 heteroatoms. The molecule has 0 heterocycles. The minimum absolute atomic E-state index is 0.0462. The topological polar surface area (TPSA) is 40.5 Å². The molecule has 0 bridgehead atoms. The Labute approximate surface area is 142 Å². The summed E-state index contributed by atoms with van der Waals surface area (Å²) in [5.74, 6) is 3.14. The van der Waals surface area contributed by atoms with E-state index >= 15 is 0 Å². The highest BCUT2D eigenvalue weighted by molar-refractivity contribution is 5.13. The van der Waals surface area contributed by atoms with Crippen molar-refractivity contribution >= 4 is 0 Å². The van der Waals surface area contributed by atoms with E-state index in [4.69, 9.17) is 0 Å². The minimum atomic E-state index is -0.414. The van der Waals surface area contributed by atoms with E-state index in [1.165, 1.54) is 38.5 Å². The van der Waals surface area contributed by atoms with Gasteiger partial charge in [-0.15, -0.1) is 0 Å². The minimum Gasteiger partial charge on any atom is -0.393 e. The summed E-state index contributed by atoms with van der Waals surface area (Å²) < 4.78 is 0. The maximum absolute atomic E-state index is 11.2. The molecule has 4 aliphatic carbocycles. The molecular formula is C21H36O2. The van der Waals surface area contributed by atoms with Crippen LogP contribution >= 0.6 is 0 Å². The van der Waals surface area contributed by atoms with Crippen LogP contribution in [0.15, 0.2) is 0 Å². The first-order chi connectivity index (χ1) is 10.8. The Morgan fingerprint density at radius 2 is 1.65 bits per heavy atom. The summed E-state index contributed by atoms with van der Waals surface area (Å²) in [6.45, 7) is 7.13. The van der Waals surface area contributed by atoms with Crippen molar-refractivity contribution in [1.82, 2.24) is 0 Å². The van der Waals surface area contributed by atoms with Gasteiger partial charge in [-0.05, 0) is 98.7 Å². The van der Waals surface area contributed by atoms with Gasteiger partial charge in [-0.3, -0.25) is 0 Å². The Hall–Kier alpha value is -0.0800. The average Bonchev–Trinajstić information content (AvgIpc) is 2.80. The van der Waals surface area contributed by atoms with E-state index in [1.807, 2.05) is 0 Å². The summed E-state index contributed by atoms with van der Waals surface area (Å²) in [6, 6.07) is 0. The maximum Gasteiger partial charge on any atom is 0.0701 e. The summed E-state index contributed by atoms with van der Waals surface area (Å²) in [5, 5.41) is 21.4. The van der Waals surface area contributed by atoms with Crippen LogP contribution in [0.5, 0.6) is 0 Å². The fraction of sp³-hybridized carbons (Fsp3) is 1.00. The number of aliphatic hydroxyl groups excluding tert-OH is 1. The van der Waals surface area contributed by atoms with Gasteiger partial charge in [0.05, 0.1) is 11.7 Å². The Morgan fingerprint density at radius 3 is 2.39 bits per heavy atom. The Bertz CT molecular complexity index is 476.